The molecule has 0 bridgehead atoms. The van der Waals surface area contributed by atoms with Crippen molar-refractivity contribution in [3.8, 4) is 0 Å². The highest BCUT2D eigenvalue weighted by molar-refractivity contribution is 5.73. The zero-order valence-corrected chi connectivity index (χ0v) is 11.7. The van der Waals surface area contributed by atoms with Gasteiger partial charge in [0.1, 0.15) is 12.1 Å². The van der Waals surface area contributed by atoms with Gasteiger partial charge in [0.15, 0.2) is 0 Å². The predicted octanol–water partition coefficient (Wildman–Crippen LogP) is -1.10. The molecule has 0 aromatic heterocycles. The molecule has 0 rings (SSSR count). The Balaban J connectivity index is 0. The first-order valence-electron chi connectivity index (χ1n) is 6.09. The molecule has 9 heteroatoms. The monoisotopic (exact) mass is 292 g/mol. The molecular weight excluding hydrogens is 268 g/mol. The largest absolute Gasteiger partial charge is 0.480 e. The zero-order valence-electron chi connectivity index (χ0n) is 11.7. The summed E-state index contributed by atoms with van der Waals surface area (Å²) in [5.74, 6) is -1.94. The number of carboxylic acids is 2. The van der Waals surface area contributed by atoms with Gasteiger partial charge in [-0.15, -0.1) is 0 Å². The van der Waals surface area contributed by atoms with Crippen LogP contribution in [0, 0.1) is 5.92 Å². The Morgan fingerprint density at radius 1 is 1.10 bits per heavy atom. The van der Waals surface area contributed by atoms with Crippen molar-refractivity contribution in [1.29, 1.82) is 0 Å². The van der Waals surface area contributed by atoms with E-state index < -0.39 is 30.1 Å². The van der Waals surface area contributed by atoms with Crippen LogP contribution in [-0.4, -0.2) is 46.8 Å². The maximum Gasteiger partial charge on any atom is 0.320 e. The standard InChI is InChI=1S/C6H13N3O3.C5H11NO2/c7-4(5(10)11)2-1-3-9-6(8)12;1-3(2)4(6)5(7)8/h4H,1-3,7H2,(H,10,11)(H3,8,9,12);3-4H,6H2,1-2H3,(H,7,8). The van der Waals surface area contributed by atoms with Gasteiger partial charge in [-0.1, -0.05) is 13.8 Å². The lowest BCUT2D eigenvalue weighted by Crippen LogP contribution is -2.34. The molecule has 0 saturated carbocycles. The van der Waals surface area contributed by atoms with E-state index in [9.17, 15) is 14.4 Å². The van der Waals surface area contributed by atoms with Crippen molar-refractivity contribution in [1.82, 2.24) is 5.32 Å². The van der Waals surface area contributed by atoms with E-state index in [2.05, 4.69) is 5.32 Å². The van der Waals surface area contributed by atoms with Crippen molar-refractivity contribution in [2.45, 2.75) is 38.8 Å². The van der Waals surface area contributed by atoms with Crippen molar-refractivity contribution < 1.29 is 24.6 Å². The molecule has 0 aliphatic heterocycles. The second kappa shape index (κ2) is 11.0. The number of primary amides is 1. The lowest BCUT2D eigenvalue weighted by Gasteiger charge is -2.07. The van der Waals surface area contributed by atoms with E-state index in [1.807, 2.05) is 0 Å². The van der Waals surface area contributed by atoms with Crippen molar-refractivity contribution in [3.05, 3.63) is 0 Å². The predicted molar refractivity (Wildman–Crippen MR) is 72.9 cm³/mol. The molecule has 2 amide bonds. The summed E-state index contributed by atoms with van der Waals surface area (Å²) in [6.45, 7) is 3.91. The van der Waals surface area contributed by atoms with Crippen LogP contribution in [0.3, 0.4) is 0 Å². The van der Waals surface area contributed by atoms with Crippen molar-refractivity contribution in [2.24, 2.45) is 23.1 Å². The molecule has 0 aromatic rings. The van der Waals surface area contributed by atoms with Crippen LogP contribution in [0.4, 0.5) is 4.79 Å². The second-order valence-corrected chi connectivity index (χ2v) is 4.49. The quantitative estimate of drug-likeness (QED) is 0.322. The van der Waals surface area contributed by atoms with E-state index in [1.54, 1.807) is 13.8 Å². The number of carboxylic acid groups (broad SMARTS) is 2. The fourth-order valence-corrected chi connectivity index (χ4v) is 0.942. The fourth-order valence-electron chi connectivity index (χ4n) is 0.942. The highest BCUT2D eigenvalue weighted by Gasteiger charge is 2.14. The molecule has 20 heavy (non-hydrogen) atoms. The summed E-state index contributed by atoms with van der Waals surface area (Å²) >= 11 is 0. The first kappa shape index (κ1) is 20.4. The van der Waals surface area contributed by atoms with Crippen LogP contribution in [0.5, 0.6) is 0 Å². The number of carbonyl (C=O) groups is 3. The Morgan fingerprint density at radius 3 is 1.85 bits per heavy atom. The summed E-state index contributed by atoms with van der Waals surface area (Å²) in [4.78, 5) is 30.3. The van der Waals surface area contributed by atoms with Crippen LogP contribution < -0.4 is 22.5 Å². The molecule has 9 N–H and O–H groups in total. The molecule has 118 valence electrons. The van der Waals surface area contributed by atoms with E-state index in [4.69, 9.17) is 27.4 Å². The van der Waals surface area contributed by atoms with Gasteiger partial charge in [-0.2, -0.15) is 0 Å². The normalized spacial score (nSPS) is 12.8. The van der Waals surface area contributed by atoms with Gasteiger partial charge in [-0.05, 0) is 18.8 Å². The van der Waals surface area contributed by atoms with Crippen LogP contribution in [-0.2, 0) is 9.59 Å². The van der Waals surface area contributed by atoms with Gasteiger partial charge in [0.25, 0.3) is 0 Å². The van der Waals surface area contributed by atoms with Gasteiger partial charge in [0.2, 0.25) is 0 Å². The number of carbonyl (C=O) groups excluding carboxylic acids is 1. The number of nitrogens with one attached hydrogen (secondary N) is 1. The molecule has 0 heterocycles. The highest BCUT2D eigenvalue weighted by Crippen LogP contribution is 1.96. The molecule has 0 saturated heterocycles. The van der Waals surface area contributed by atoms with Gasteiger partial charge < -0.3 is 32.7 Å². The number of aliphatic carboxylic acids is 2. The van der Waals surface area contributed by atoms with Gasteiger partial charge >= 0.3 is 18.0 Å². The van der Waals surface area contributed by atoms with Gasteiger partial charge in [-0.3, -0.25) is 9.59 Å². The van der Waals surface area contributed by atoms with E-state index >= 15 is 0 Å². The summed E-state index contributed by atoms with van der Waals surface area (Å²) < 4.78 is 0. The topological polar surface area (TPSA) is 182 Å². The maximum atomic E-state index is 10.2. The maximum absolute atomic E-state index is 10.2. The summed E-state index contributed by atoms with van der Waals surface area (Å²) in [5, 5.41) is 18.9. The number of hydrogen-bond acceptors (Lipinski definition) is 5. The number of amides is 2. The van der Waals surface area contributed by atoms with Crippen molar-refractivity contribution in [3.63, 3.8) is 0 Å². The summed E-state index contributed by atoms with van der Waals surface area (Å²) in [5.41, 5.74) is 15.1. The average molecular weight is 292 g/mol. The summed E-state index contributed by atoms with van der Waals surface area (Å²) in [7, 11) is 0. The average Bonchev–Trinajstić information content (AvgIpc) is 2.33. The Hall–Kier alpha value is -1.87. The smallest absolute Gasteiger partial charge is 0.320 e. The first-order valence-corrected chi connectivity index (χ1v) is 6.09. The first-order chi connectivity index (χ1) is 9.09. The lowest BCUT2D eigenvalue weighted by molar-refractivity contribution is -0.140. The van der Waals surface area contributed by atoms with Crippen LogP contribution in [0.15, 0.2) is 0 Å². The molecule has 0 fully saturated rings. The van der Waals surface area contributed by atoms with Gasteiger partial charge in [-0.25, -0.2) is 4.79 Å². The summed E-state index contributed by atoms with van der Waals surface area (Å²) in [6, 6.07) is -2.19. The van der Waals surface area contributed by atoms with Crippen LogP contribution in [0.2, 0.25) is 0 Å². The number of hydrogen-bond donors (Lipinski definition) is 6. The number of urea groups is 1. The Bertz CT molecular complexity index is 322. The van der Waals surface area contributed by atoms with Crippen LogP contribution in [0.25, 0.3) is 0 Å². The van der Waals surface area contributed by atoms with E-state index in [0.29, 0.717) is 19.4 Å². The Labute approximate surface area is 117 Å². The molecule has 0 spiro atoms. The minimum atomic E-state index is -1.03. The van der Waals surface area contributed by atoms with E-state index in [1.165, 1.54) is 0 Å². The molecular formula is C11H24N4O5. The minimum Gasteiger partial charge on any atom is -0.480 e. The van der Waals surface area contributed by atoms with Gasteiger partial charge in [0.05, 0.1) is 0 Å². The third-order valence-corrected chi connectivity index (χ3v) is 2.31. The summed E-state index contributed by atoms with van der Waals surface area (Å²) in [6.07, 6.45) is 0.839. The Morgan fingerprint density at radius 2 is 1.60 bits per heavy atom. The molecule has 0 aliphatic carbocycles. The van der Waals surface area contributed by atoms with Crippen LogP contribution in [0.1, 0.15) is 26.7 Å². The van der Waals surface area contributed by atoms with E-state index in [0.717, 1.165) is 0 Å². The number of nitrogens with two attached hydrogens (primary N) is 3. The van der Waals surface area contributed by atoms with Crippen LogP contribution >= 0.6 is 0 Å². The molecule has 2 unspecified atom stereocenters. The highest BCUT2D eigenvalue weighted by atomic mass is 16.4. The molecule has 2 atom stereocenters. The van der Waals surface area contributed by atoms with E-state index in [-0.39, 0.29) is 5.92 Å². The fraction of sp³-hybridized carbons (Fsp3) is 0.727. The molecule has 0 aromatic carbocycles. The minimum absolute atomic E-state index is 0.0208. The number of rotatable bonds is 7. The lowest BCUT2D eigenvalue weighted by atomic mass is 10.1. The van der Waals surface area contributed by atoms with Crippen molar-refractivity contribution in [2.75, 3.05) is 6.54 Å². The molecule has 0 radical (unpaired) electrons. The Kier molecular flexibility index (Phi) is 11.2. The SMILES string of the molecule is CC(C)C(N)C(=O)O.NC(=O)NCCCC(N)C(=O)O. The molecule has 0 aliphatic rings. The van der Waals surface area contributed by atoms with Gasteiger partial charge in [0, 0.05) is 6.54 Å². The third kappa shape index (κ3) is 12.6. The molecule has 9 nitrogen and oxygen atoms in total. The third-order valence-electron chi connectivity index (χ3n) is 2.31. The van der Waals surface area contributed by atoms with Crippen molar-refractivity contribution >= 4 is 18.0 Å². The zero-order chi connectivity index (χ0) is 16.3. The second-order valence-electron chi connectivity index (χ2n) is 4.49.